The van der Waals surface area contributed by atoms with Crippen LogP contribution in [0.4, 0.5) is 19.0 Å². The molecule has 0 saturated carbocycles. The number of nitrogens with zero attached hydrogens (tertiary/aromatic N) is 4. The van der Waals surface area contributed by atoms with E-state index in [1.54, 1.807) is 11.4 Å². The lowest BCUT2D eigenvalue weighted by Crippen LogP contribution is -2.21. The summed E-state index contributed by atoms with van der Waals surface area (Å²) in [6.45, 7) is 6.06. The average Bonchev–Trinajstić information content (AvgIpc) is 3.28. The molecular weight excluding hydrogens is 486 g/mol. The molecule has 5 nitrogen and oxygen atoms in total. The van der Waals surface area contributed by atoms with E-state index in [0.717, 1.165) is 61.4 Å². The molecule has 3 aromatic heterocycles. The number of alkyl halides is 3. The number of nitrogens with one attached hydrogen (secondary N) is 1. The molecule has 0 fully saturated rings. The van der Waals surface area contributed by atoms with Crippen molar-refractivity contribution < 1.29 is 13.2 Å². The van der Waals surface area contributed by atoms with Crippen molar-refractivity contribution >= 4 is 47.9 Å². The maximum absolute atomic E-state index is 13.0. The van der Waals surface area contributed by atoms with Crippen LogP contribution in [0.1, 0.15) is 55.6 Å². The van der Waals surface area contributed by atoms with Crippen LogP contribution in [0.5, 0.6) is 0 Å². The predicted octanol–water partition coefficient (Wildman–Crippen LogP) is 6.70. The minimum absolute atomic E-state index is 0. The van der Waals surface area contributed by atoms with Gasteiger partial charge in [-0.15, -0.1) is 24.8 Å². The molecule has 1 N–H and O–H groups in total. The summed E-state index contributed by atoms with van der Waals surface area (Å²) in [6, 6.07) is 1.20. The maximum Gasteiger partial charge on any atom is 0.417 e. The molecule has 0 bridgehead atoms. The van der Waals surface area contributed by atoms with Gasteiger partial charge >= 0.3 is 6.18 Å². The van der Waals surface area contributed by atoms with Gasteiger partial charge in [-0.2, -0.15) is 22.8 Å². The summed E-state index contributed by atoms with van der Waals surface area (Å²) >= 11 is 6.24. The Kier molecular flexibility index (Phi) is 8.29. The molecule has 4 rings (SSSR count). The van der Waals surface area contributed by atoms with Crippen molar-refractivity contribution in [2.45, 2.75) is 65.1 Å². The maximum atomic E-state index is 13.0. The Bertz CT molecular complexity index is 1110. The molecule has 3 aromatic rings. The van der Waals surface area contributed by atoms with Gasteiger partial charge in [0.05, 0.1) is 27.5 Å². The summed E-state index contributed by atoms with van der Waals surface area (Å²) in [4.78, 5) is 8.87. The van der Waals surface area contributed by atoms with Crippen LogP contribution < -0.4 is 5.32 Å². The lowest BCUT2D eigenvalue weighted by molar-refractivity contribution is -0.137. The molecule has 0 aliphatic heterocycles. The van der Waals surface area contributed by atoms with Gasteiger partial charge in [0.25, 0.3) is 0 Å². The Balaban J connectivity index is 0.00000181. The standard InChI is InChI=1S/C21H23ClF3N5.2ClH/c1-4-13(5-2)27-19-14-7-6-8-16(14)28-20-17(11(3)29-30(19)20)18-15(22)9-12(10-26-18)21(23,24)25;;/h9-10,13,27H,4-8H2,1-3H3;2*1H. The molecule has 0 saturated heterocycles. The third-order valence-electron chi connectivity index (χ3n) is 5.70. The number of fused-ring (bicyclic) bond motifs is 2. The zero-order valence-corrected chi connectivity index (χ0v) is 20.3. The number of rotatable bonds is 5. The second-order valence-corrected chi connectivity index (χ2v) is 8.05. The molecule has 0 atom stereocenters. The molecular formula is C21H25Cl3F3N5. The van der Waals surface area contributed by atoms with E-state index in [2.05, 4.69) is 29.2 Å². The first-order chi connectivity index (χ1) is 14.2. The number of anilines is 1. The van der Waals surface area contributed by atoms with E-state index >= 15 is 0 Å². The van der Waals surface area contributed by atoms with Gasteiger partial charge in [-0.1, -0.05) is 25.4 Å². The zero-order valence-electron chi connectivity index (χ0n) is 17.9. The molecule has 1 aliphatic rings. The van der Waals surface area contributed by atoms with Gasteiger partial charge in [0, 0.05) is 23.5 Å². The van der Waals surface area contributed by atoms with Crippen molar-refractivity contribution in [3.05, 3.63) is 39.8 Å². The van der Waals surface area contributed by atoms with Crippen LogP contribution in [0.15, 0.2) is 12.3 Å². The van der Waals surface area contributed by atoms with Gasteiger partial charge in [-0.3, -0.25) is 4.98 Å². The number of halogens is 6. The summed E-state index contributed by atoms with van der Waals surface area (Å²) in [5, 5.41) is 8.22. The van der Waals surface area contributed by atoms with Crippen LogP contribution in [-0.4, -0.2) is 25.6 Å². The Labute approximate surface area is 202 Å². The lowest BCUT2D eigenvalue weighted by atomic mass is 10.1. The lowest BCUT2D eigenvalue weighted by Gasteiger charge is -2.19. The van der Waals surface area contributed by atoms with Crippen LogP contribution in [0.25, 0.3) is 16.9 Å². The highest BCUT2D eigenvalue weighted by Crippen LogP contribution is 2.38. The van der Waals surface area contributed by atoms with Crippen LogP contribution in [0, 0.1) is 6.92 Å². The summed E-state index contributed by atoms with van der Waals surface area (Å²) in [7, 11) is 0. The van der Waals surface area contributed by atoms with E-state index in [0.29, 0.717) is 22.9 Å². The van der Waals surface area contributed by atoms with Gasteiger partial charge in [0.1, 0.15) is 5.82 Å². The van der Waals surface area contributed by atoms with Crippen molar-refractivity contribution in [3.63, 3.8) is 0 Å². The third-order valence-corrected chi connectivity index (χ3v) is 5.98. The summed E-state index contributed by atoms with van der Waals surface area (Å²) in [5.74, 6) is 0.915. The van der Waals surface area contributed by atoms with Crippen molar-refractivity contribution in [3.8, 4) is 11.3 Å². The summed E-state index contributed by atoms with van der Waals surface area (Å²) in [6.07, 6.45) is 1.04. The van der Waals surface area contributed by atoms with Crippen LogP contribution in [0.3, 0.4) is 0 Å². The largest absolute Gasteiger partial charge is 0.417 e. The minimum atomic E-state index is -4.50. The molecule has 32 heavy (non-hydrogen) atoms. The second kappa shape index (κ2) is 10.0. The molecule has 0 aromatic carbocycles. The van der Waals surface area contributed by atoms with E-state index in [-0.39, 0.29) is 35.5 Å². The summed E-state index contributed by atoms with van der Waals surface area (Å²) in [5.41, 5.74) is 3.29. The fraction of sp³-hybridized carbons (Fsp3) is 0.476. The predicted molar refractivity (Wildman–Crippen MR) is 125 cm³/mol. The van der Waals surface area contributed by atoms with Crippen LogP contribution in [-0.2, 0) is 19.0 Å². The monoisotopic (exact) mass is 509 g/mol. The Morgan fingerprint density at radius 3 is 2.47 bits per heavy atom. The van der Waals surface area contributed by atoms with E-state index in [1.807, 2.05) is 0 Å². The highest BCUT2D eigenvalue weighted by molar-refractivity contribution is 6.33. The highest BCUT2D eigenvalue weighted by Gasteiger charge is 2.32. The molecule has 3 heterocycles. The molecule has 11 heteroatoms. The van der Waals surface area contributed by atoms with Crippen LogP contribution in [0.2, 0.25) is 5.02 Å². The van der Waals surface area contributed by atoms with Gasteiger partial charge in [0.2, 0.25) is 0 Å². The van der Waals surface area contributed by atoms with Gasteiger partial charge in [-0.05, 0) is 45.1 Å². The molecule has 0 spiro atoms. The third kappa shape index (κ3) is 4.63. The Morgan fingerprint density at radius 2 is 1.88 bits per heavy atom. The number of hydrogen-bond donors (Lipinski definition) is 1. The summed E-state index contributed by atoms with van der Waals surface area (Å²) < 4.78 is 40.9. The first kappa shape index (κ1) is 26.5. The van der Waals surface area contributed by atoms with Crippen molar-refractivity contribution in [1.82, 2.24) is 19.6 Å². The highest BCUT2D eigenvalue weighted by atomic mass is 35.5. The average molecular weight is 511 g/mol. The van der Waals surface area contributed by atoms with E-state index in [1.165, 1.54) is 0 Å². The molecule has 1 aliphatic carbocycles. The quantitative estimate of drug-likeness (QED) is 0.415. The minimum Gasteiger partial charge on any atom is -0.367 e. The topological polar surface area (TPSA) is 55.1 Å². The van der Waals surface area contributed by atoms with Gasteiger partial charge < -0.3 is 5.32 Å². The van der Waals surface area contributed by atoms with E-state index in [4.69, 9.17) is 16.6 Å². The number of pyridine rings is 1. The molecule has 0 amide bonds. The van der Waals surface area contributed by atoms with Crippen molar-refractivity contribution in [1.29, 1.82) is 0 Å². The van der Waals surface area contributed by atoms with Crippen molar-refractivity contribution in [2.24, 2.45) is 0 Å². The molecule has 0 unspecified atom stereocenters. The normalized spacial score (nSPS) is 13.1. The Hall–Kier alpha value is -1.77. The first-order valence-electron chi connectivity index (χ1n) is 10.1. The SMILES string of the molecule is CCC(CC)Nc1c2c(nc3c(-c4ncc(C(F)(F)F)cc4Cl)c(C)nn13)CCC2.Cl.Cl. The van der Waals surface area contributed by atoms with Gasteiger partial charge in [0.15, 0.2) is 5.65 Å². The Morgan fingerprint density at radius 1 is 1.19 bits per heavy atom. The zero-order chi connectivity index (χ0) is 21.6. The number of aryl methyl sites for hydroxylation is 2. The molecule has 0 radical (unpaired) electrons. The van der Waals surface area contributed by atoms with Gasteiger partial charge in [-0.25, -0.2) is 4.98 Å². The molecule has 176 valence electrons. The second-order valence-electron chi connectivity index (χ2n) is 7.64. The smallest absolute Gasteiger partial charge is 0.367 e. The fourth-order valence-electron chi connectivity index (χ4n) is 4.02. The van der Waals surface area contributed by atoms with E-state index < -0.39 is 11.7 Å². The van der Waals surface area contributed by atoms with E-state index in [9.17, 15) is 13.2 Å². The number of hydrogen-bond acceptors (Lipinski definition) is 4. The van der Waals surface area contributed by atoms with Crippen molar-refractivity contribution in [2.75, 3.05) is 5.32 Å². The number of aromatic nitrogens is 4. The first-order valence-corrected chi connectivity index (χ1v) is 10.5. The van der Waals surface area contributed by atoms with Crippen LogP contribution >= 0.6 is 36.4 Å². The fourth-order valence-corrected chi connectivity index (χ4v) is 4.29.